The van der Waals surface area contributed by atoms with Crippen LogP contribution in [0.15, 0.2) is 24.3 Å². The lowest BCUT2D eigenvalue weighted by molar-refractivity contribution is -0.0349. The number of hydrogen-bond acceptors (Lipinski definition) is 2. The monoisotopic (exact) mass is 337 g/mol. The van der Waals surface area contributed by atoms with Crippen molar-refractivity contribution in [2.24, 2.45) is 5.92 Å². The first-order valence-electron chi connectivity index (χ1n) is 8.44. The summed E-state index contributed by atoms with van der Waals surface area (Å²) in [5, 5.41) is 20.8. The summed E-state index contributed by atoms with van der Waals surface area (Å²) in [4.78, 5) is 13.2. The van der Waals surface area contributed by atoms with Gasteiger partial charge in [0, 0.05) is 16.5 Å². The molecule has 3 rings (SSSR count). The highest BCUT2D eigenvalue weighted by molar-refractivity contribution is 6.31. The fourth-order valence-corrected chi connectivity index (χ4v) is 5.08. The maximum absolute atomic E-state index is 11.9. The minimum Gasteiger partial charge on any atom is -0.465 e. The first kappa shape index (κ1) is 16.6. The molecule has 0 aliphatic heterocycles. The molecule has 126 valence electrons. The average Bonchev–Trinajstić information content (AvgIpc) is 3.07. The standard InChI is InChI=1S/C18H24ClNO3/c1-2-5-16(21)20(17(22)23)15-10-12-8-9-18(15,11-12)13-6-3-4-7-14(13)19/h3-4,6-7,12,15-16,21H,2,5,8-11H2,1H3,(H,22,23)/t12?,15-,16?,18-/m0/s1. The number of aliphatic hydroxyl groups is 1. The zero-order chi connectivity index (χ0) is 16.6. The summed E-state index contributed by atoms with van der Waals surface area (Å²) in [5.74, 6) is 0.520. The maximum Gasteiger partial charge on any atom is 0.409 e. The number of rotatable bonds is 5. The highest BCUT2D eigenvalue weighted by Crippen LogP contribution is 2.58. The van der Waals surface area contributed by atoms with Gasteiger partial charge in [-0.3, -0.25) is 4.90 Å². The Hall–Kier alpha value is -1.26. The van der Waals surface area contributed by atoms with E-state index in [-0.39, 0.29) is 11.5 Å². The molecule has 0 radical (unpaired) electrons. The number of carbonyl (C=O) groups is 1. The van der Waals surface area contributed by atoms with Crippen LogP contribution in [0.1, 0.15) is 51.0 Å². The van der Waals surface area contributed by atoms with E-state index in [4.69, 9.17) is 11.6 Å². The minimum atomic E-state index is -1.03. The van der Waals surface area contributed by atoms with Gasteiger partial charge in [0.15, 0.2) is 0 Å². The molecule has 23 heavy (non-hydrogen) atoms. The Morgan fingerprint density at radius 1 is 1.48 bits per heavy atom. The maximum atomic E-state index is 11.9. The van der Waals surface area contributed by atoms with Crippen molar-refractivity contribution < 1.29 is 15.0 Å². The SMILES string of the molecule is CCCC(O)N(C(=O)O)[C@H]1CC2CC[C@@]1(c1ccccc1Cl)C2. The van der Waals surface area contributed by atoms with Gasteiger partial charge in [0.2, 0.25) is 0 Å². The number of nitrogens with zero attached hydrogens (tertiary/aromatic N) is 1. The van der Waals surface area contributed by atoms with E-state index in [0.717, 1.165) is 37.7 Å². The van der Waals surface area contributed by atoms with Crippen LogP contribution < -0.4 is 0 Å². The second kappa shape index (κ2) is 6.33. The van der Waals surface area contributed by atoms with Crippen molar-refractivity contribution in [2.45, 2.75) is 63.1 Å². The Balaban J connectivity index is 2.01. The molecule has 0 saturated heterocycles. The fraction of sp³-hybridized carbons (Fsp3) is 0.611. The molecule has 4 nitrogen and oxygen atoms in total. The number of carboxylic acid groups (broad SMARTS) is 1. The zero-order valence-electron chi connectivity index (χ0n) is 13.4. The van der Waals surface area contributed by atoms with Crippen LogP contribution in [-0.2, 0) is 5.41 Å². The van der Waals surface area contributed by atoms with Gasteiger partial charge in [-0.05, 0) is 49.7 Å². The van der Waals surface area contributed by atoms with Crippen LogP contribution in [0, 0.1) is 5.92 Å². The van der Waals surface area contributed by atoms with Gasteiger partial charge >= 0.3 is 6.09 Å². The van der Waals surface area contributed by atoms with Gasteiger partial charge in [-0.2, -0.15) is 0 Å². The first-order chi connectivity index (χ1) is 11.0. The molecule has 1 aromatic carbocycles. The molecular formula is C18H24ClNO3. The zero-order valence-corrected chi connectivity index (χ0v) is 14.2. The number of fused-ring (bicyclic) bond motifs is 2. The number of halogens is 1. The van der Waals surface area contributed by atoms with Crippen LogP contribution in [-0.4, -0.2) is 33.5 Å². The molecule has 1 amide bonds. The first-order valence-corrected chi connectivity index (χ1v) is 8.81. The summed E-state index contributed by atoms with van der Waals surface area (Å²) in [6.45, 7) is 1.95. The largest absolute Gasteiger partial charge is 0.465 e. The fourth-order valence-electron chi connectivity index (χ4n) is 4.76. The Kier molecular flexibility index (Phi) is 4.56. The molecule has 1 aromatic rings. The number of aliphatic hydroxyl groups excluding tert-OH is 1. The number of benzene rings is 1. The van der Waals surface area contributed by atoms with Crippen LogP contribution in [0.25, 0.3) is 0 Å². The van der Waals surface area contributed by atoms with E-state index in [0.29, 0.717) is 17.4 Å². The lowest BCUT2D eigenvalue weighted by Crippen LogP contribution is -2.54. The molecule has 2 fully saturated rings. The molecule has 2 N–H and O–H groups in total. The Bertz CT molecular complexity index is 593. The molecule has 2 saturated carbocycles. The van der Waals surface area contributed by atoms with Crippen LogP contribution in [0.4, 0.5) is 4.79 Å². The molecular weight excluding hydrogens is 314 g/mol. The summed E-state index contributed by atoms with van der Waals surface area (Å²) in [5.41, 5.74) is 0.789. The second-order valence-corrected chi connectivity index (χ2v) is 7.36. The third kappa shape index (κ3) is 2.72. The summed E-state index contributed by atoms with van der Waals surface area (Å²) in [6.07, 6.45) is 3.07. The van der Waals surface area contributed by atoms with E-state index in [1.54, 1.807) is 0 Å². The molecule has 4 atom stereocenters. The van der Waals surface area contributed by atoms with Crippen molar-refractivity contribution in [1.82, 2.24) is 4.90 Å². The molecule has 2 unspecified atom stereocenters. The van der Waals surface area contributed by atoms with Gasteiger partial charge in [0.25, 0.3) is 0 Å². The number of hydrogen-bond donors (Lipinski definition) is 2. The summed E-state index contributed by atoms with van der Waals surface area (Å²) in [7, 11) is 0. The predicted octanol–water partition coefficient (Wildman–Crippen LogP) is 4.25. The van der Waals surface area contributed by atoms with E-state index in [1.165, 1.54) is 4.90 Å². The quantitative estimate of drug-likeness (QED) is 0.790. The van der Waals surface area contributed by atoms with Crippen molar-refractivity contribution in [1.29, 1.82) is 0 Å². The van der Waals surface area contributed by atoms with Crippen LogP contribution in [0.3, 0.4) is 0 Å². The Morgan fingerprint density at radius 3 is 2.83 bits per heavy atom. The highest BCUT2D eigenvalue weighted by Gasteiger charge is 2.57. The van der Waals surface area contributed by atoms with Crippen LogP contribution >= 0.6 is 11.6 Å². The lowest BCUT2D eigenvalue weighted by Gasteiger charge is -2.43. The van der Waals surface area contributed by atoms with Crippen molar-refractivity contribution in [3.63, 3.8) is 0 Å². The van der Waals surface area contributed by atoms with Crippen LogP contribution in [0.5, 0.6) is 0 Å². The summed E-state index contributed by atoms with van der Waals surface area (Å²) in [6, 6.07) is 7.57. The van der Waals surface area contributed by atoms with Crippen LogP contribution in [0.2, 0.25) is 5.02 Å². The third-order valence-corrected chi connectivity index (χ3v) is 6.01. The topological polar surface area (TPSA) is 60.8 Å². The van der Waals surface area contributed by atoms with E-state index in [1.807, 2.05) is 31.2 Å². The van der Waals surface area contributed by atoms with Gasteiger partial charge in [-0.1, -0.05) is 43.1 Å². The smallest absolute Gasteiger partial charge is 0.409 e. The van der Waals surface area contributed by atoms with Gasteiger partial charge in [0.05, 0.1) is 0 Å². The van der Waals surface area contributed by atoms with Crippen molar-refractivity contribution in [3.8, 4) is 0 Å². The molecule has 2 aliphatic carbocycles. The minimum absolute atomic E-state index is 0.194. The Labute approximate surface area is 142 Å². The van der Waals surface area contributed by atoms with E-state index >= 15 is 0 Å². The number of amides is 1. The molecule has 2 bridgehead atoms. The molecule has 2 aliphatic rings. The summed E-state index contributed by atoms with van der Waals surface area (Å²) < 4.78 is 0. The highest BCUT2D eigenvalue weighted by atomic mass is 35.5. The van der Waals surface area contributed by atoms with E-state index in [2.05, 4.69) is 0 Å². The normalized spacial score (nSPS) is 30.4. The molecule has 0 aromatic heterocycles. The van der Waals surface area contributed by atoms with Crippen molar-refractivity contribution in [3.05, 3.63) is 34.9 Å². The lowest BCUT2D eigenvalue weighted by atomic mass is 9.73. The third-order valence-electron chi connectivity index (χ3n) is 5.68. The molecule has 0 heterocycles. The molecule has 0 spiro atoms. The van der Waals surface area contributed by atoms with Gasteiger partial charge in [-0.15, -0.1) is 0 Å². The van der Waals surface area contributed by atoms with Gasteiger partial charge in [0.1, 0.15) is 6.23 Å². The van der Waals surface area contributed by atoms with E-state index in [9.17, 15) is 15.0 Å². The van der Waals surface area contributed by atoms with E-state index < -0.39 is 12.3 Å². The van der Waals surface area contributed by atoms with Crippen molar-refractivity contribution >= 4 is 17.7 Å². The second-order valence-electron chi connectivity index (χ2n) is 6.96. The van der Waals surface area contributed by atoms with Gasteiger partial charge in [-0.25, -0.2) is 4.79 Å². The predicted molar refractivity (Wildman–Crippen MR) is 89.7 cm³/mol. The van der Waals surface area contributed by atoms with Crippen molar-refractivity contribution in [2.75, 3.05) is 0 Å². The average molecular weight is 338 g/mol. The van der Waals surface area contributed by atoms with Gasteiger partial charge < -0.3 is 10.2 Å². The summed E-state index contributed by atoms with van der Waals surface area (Å²) >= 11 is 6.45. The Morgan fingerprint density at radius 2 is 2.22 bits per heavy atom. The molecule has 5 heteroatoms.